The zero-order valence-electron chi connectivity index (χ0n) is 19.0. The molecule has 2 aromatic heterocycles. The second-order valence-electron chi connectivity index (χ2n) is 7.93. The van der Waals surface area contributed by atoms with Crippen molar-refractivity contribution in [2.75, 3.05) is 13.7 Å². The Morgan fingerprint density at radius 1 is 1.10 bits per heavy atom. The summed E-state index contributed by atoms with van der Waals surface area (Å²) in [6, 6.07) is 12.4. The predicted molar refractivity (Wildman–Crippen MR) is 125 cm³/mol. The number of guanidine groups is 1. The number of rotatable bonds is 8. The molecular weight excluding hydrogens is 388 g/mol. The maximum absolute atomic E-state index is 5.76. The summed E-state index contributed by atoms with van der Waals surface area (Å²) >= 11 is 0. The number of imidazole rings is 1. The SMILES string of the molecule is CN=C(NCc1ccc(-n2ccnc2C)nc1)NC(C)c1ccc(OCC(C)C)cc1. The first-order valence-corrected chi connectivity index (χ1v) is 10.6. The summed E-state index contributed by atoms with van der Waals surface area (Å²) in [5.41, 5.74) is 2.24. The van der Waals surface area contributed by atoms with E-state index in [4.69, 9.17) is 4.74 Å². The van der Waals surface area contributed by atoms with Gasteiger partial charge in [0.05, 0.1) is 12.6 Å². The molecule has 2 heterocycles. The van der Waals surface area contributed by atoms with Crippen LogP contribution in [0, 0.1) is 12.8 Å². The molecular formula is C24H32N6O. The van der Waals surface area contributed by atoms with E-state index in [1.165, 1.54) is 5.56 Å². The third kappa shape index (κ3) is 6.31. The molecule has 0 saturated heterocycles. The highest BCUT2D eigenvalue weighted by Crippen LogP contribution is 2.18. The van der Waals surface area contributed by atoms with Gasteiger partial charge in [0, 0.05) is 32.2 Å². The van der Waals surface area contributed by atoms with Crippen molar-refractivity contribution in [2.45, 2.75) is 40.3 Å². The first-order valence-electron chi connectivity index (χ1n) is 10.6. The Morgan fingerprint density at radius 3 is 2.45 bits per heavy atom. The predicted octanol–water partition coefficient (Wildman–Crippen LogP) is 4.04. The second-order valence-corrected chi connectivity index (χ2v) is 7.93. The van der Waals surface area contributed by atoms with Crippen LogP contribution in [-0.2, 0) is 6.54 Å². The highest BCUT2D eigenvalue weighted by atomic mass is 16.5. The first-order chi connectivity index (χ1) is 15.0. The quantitative estimate of drug-likeness (QED) is 0.425. The van der Waals surface area contributed by atoms with Gasteiger partial charge in [-0.3, -0.25) is 9.56 Å². The molecule has 3 rings (SSSR count). The summed E-state index contributed by atoms with van der Waals surface area (Å²) in [6.45, 7) is 9.71. The van der Waals surface area contributed by atoms with Crippen molar-refractivity contribution in [1.29, 1.82) is 0 Å². The first kappa shape index (κ1) is 22.3. The highest BCUT2D eigenvalue weighted by molar-refractivity contribution is 5.80. The number of aromatic nitrogens is 3. The van der Waals surface area contributed by atoms with Gasteiger partial charge in [-0.25, -0.2) is 9.97 Å². The van der Waals surface area contributed by atoms with Gasteiger partial charge in [-0.05, 0) is 49.1 Å². The summed E-state index contributed by atoms with van der Waals surface area (Å²) in [5.74, 6) is 3.92. The molecule has 0 radical (unpaired) electrons. The molecule has 31 heavy (non-hydrogen) atoms. The lowest BCUT2D eigenvalue weighted by atomic mass is 10.1. The van der Waals surface area contributed by atoms with E-state index in [1.807, 2.05) is 42.1 Å². The molecule has 0 aliphatic heterocycles. The average Bonchev–Trinajstić information content (AvgIpc) is 3.21. The van der Waals surface area contributed by atoms with E-state index in [-0.39, 0.29) is 6.04 Å². The summed E-state index contributed by atoms with van der Waals surface area (Å²) in [7, 11) is 1.77. The molecule has 1 unspecified atom stereocenters. The average molecular weight is 421 g/mol. The minimum atomic E-state index is 0.107. The number of aliphatic imine (C=N–C) groups is 1. The van der Waals surface area contributed by atoms with Crippen molar-refractivity contribution in [3.05, 3.63) is 71.9 Å². The number of nitrogens with one attached hydrogen (secondary N) is 2. The van der Waals surface area contributed by atoms with Crippen LogP contribution in [0.15, 0.2) is 60.0 Å². The molecule has 2 N–H and O–H groups in total. The van der Waals surface area contributed by atoms with E-state index in [1.54, 1.807) is 13.2 Å². The van der Waals surface area contributed by atoms with Crippen molar-refractivity contribution in [1.82, 2.24) is 25.2 Å². The van der Waals surface area contributed by atoms with Crippen LogP contribution >= 0.6 is 0 Å². The van der Waals surface area contributed by atoms with Gasteiger partial charge in [0.15, 0.2) is 5.96 Å². The molecule has 0 spiro atoms. The topological polar surface area (TPSA) is 76.4 Å². The molecule has 0 bridgehead atoms. The molecule has 0 saturated carbocycles. The number of pyridine rings is 1. The van der Waals surface area contributed by atoms with Crippen molar-refractivity contribution < 1.29 is 4.74 Å². The van der Waals surface area contributed by atoms with Gasteiger partial charge in [-0.2, -0.15) is 0 Å². The smallest absolute Gasteiger partial charge is 0.191 e. The van der Waals surface area contributed by atoms with Gasteiger partial charge in [-0.1, -0.05) is 32.0 Å². The Hall–Kier alpha value is -3.35. The van der Waals surface area contributed by atoms with Crippen LogP contribution < -0.4 is 15.4 Å². The Morgan fingerprint density at radius 2 is 1.87 bits per heavy atom. The summed E-state index contributed by atoms with van der Waals surface area (Å²) in [5, 5.41) is 6.78. The van der Waals surface area contributed by atoms with Crippen LogP contribution in [0.2, 0.25) is 0 Å². The third-order valence-corrected chi connectivity index (χ3v) is 4.88. The highest BCUT2D eigenvalue weighted by Gasteiger charge is 2.09. The van der Waals surface area contributed by atoms with Gasteiger partial charge >= 0.3 is 0 Å². The third-order valence-electron chi connectivity index (χ3n) is 4.88. The Balaban J connectivity index is 1.52. The van der Waals surface area contributed by atoms with Crippen molar-refractivity contribution in [3.8, 4) is 11.6 Å². The van der Waals surface area contributed by atoms with E-state index < -0.39 is 0 Å². The Labute approximate surface area is 184 Å². The molecule has 1 aromatic carbocycles. The van der Waals surface area contributed by atoms with Gasteiger partial charge in [-0.15, -0.1) is 0 Å². The lowest BCUT2D eigenvalue weighted by Crippen LogP contribution is -2.38. The number of hydrogen-bond donors (Lipinski definition) is 2. The molecule has 164 valence electrons. The zero-order valence-corrected chi connectivity index (χ0v) is 19.0. The molecule has 0 aliphatic rings. The number of ether oxygens (including phenoxy) is 1. The number of hydrogen-bond acceptors (Lipinski definition) is 4. The fraction of sp³-hybridized carbons (Fsp3) is 0.375. The van der Waals surface area contributed by atoms with Crippen LogP contribution in [-0.4, -0.2) is 34.1 Å². The van der Waals surface area contributed by atoms with Crippen LogP contribution in [0.25, 0.3) is 5.82 Å². The molecule has 0 amide bonds. The van der Waals surface area contributed by atoms with Crippen molar-refractivity contribution in [3.63, 3.8) is 0 Å². The number of aryl methyl sites for hydroxylation is 1. The summed E-state index contributed by atoms with van der Waals surface area (Å²) in [4.78, 5) is 13.1. The molecule has 0 aliphatic carbocycles. The monoisotopic (exact) mass is 420 g/mol. The number of nitrogens with zero attached hydrogens (tertiary/aromatic N) is 4. The summed E-state index contributed by atoms with van der Waals surface area (Å²) in [6.07, 6.45) is 5.55. The maximum atomic E-state index is 5.76. The Bertz CT molecular complexity index is 976. The van der Waals surface area contributed by atoms with Crippen LogP contribution in [0.1, 0.15) is 43.8 Å². The van der Waals surface area contributed by atoms with Crippen LogP contribution in [0.4, 0.5) is 0 Å². The zero-order chi connectivity index (χ0) is 22.2. The standard InChI is InChI=1S/C24H32N6O/c1-17(2)16-31-22-9-7-21(8-10-22)18(3)29-24(25-5)28-15-20-6-11-23(27-14-20)30-13-12-26-19(30)4/h6-14,17-18H,15-16H2,1-5H3,(H2,25,28,29). The molecule has 7 nitrogen and oxygen atoms in total. The van der Waals surface area contributed by atoms with Gasteiger partial charge in [0.1, 0.15) is 17.4 Å². The van der Waals surface area contributed by atoms with E-state index in [0.717, 1.165) is 35.5 Å². The minimum Gasteiger partial charge on any atom is -0.493 e. The van der Waals surface area contributed by atoms with Crippen molar-refractivity contribution in [2.24, 2.45) is 10.9 Å². The number of benzene rings is 1. The van der Waals surface area contributed by atoms with E-state index >= 15 is 0 Å². The molecule has 1 atom stereocenters. The van der Waals surface area contributed by atoms with Crippen molar-refractivity contribution >= 4 is 5.96 Å². The normalized spacial score (nSPS) is 12.6. The maximum Gasteiger partial charge on any atom is 0.191 e. The second kappa shape index (κ2) is 10.6. The fourth-order valence-electron chi connectivity index (χ4n) is 3.07. The van der Waals surface area contributed by atoms with Gasteiger partial charge in [0.2, 0.25) is 0 Å². The Kier molecular flexibility index (Phi) is 7.65. The van der Waals surface area contributed by atoms with Gasteiger partial charge in [0.25, 0.3) is 0 Å². The summed E-state index contributed by atoms with van der Waals surface area (Å²) < 4.78 is 7.72. The van der Waals surface area contributed by atoms with E-state index in [0.29, 0.717) is 12.5 Å². The van der Waals surface area contributed by atoms with Crippen LogP contribution in [0.5, 0.6) is 5.75 Å². The van der Waals surface area contributed by atoms with E-state index in [2.05, 4.69) is 64.6 Å². The fourth-order valence-corrected chi connectivity index (χ4v) is 3.07. The minimum absolute atomic E-state index is 0.107. The van der Waals surface area contributed by atoms with Crippen LogP contribution in [0.3, 0.4) is 0 Å². The molecule has 7 heteroatoms. The lowest BCUT2D eigenvalue weighted by molar-refractivity contribution is 0.271. The van der Waals surface area contributed by atoms with Gasteiger partial charge < -0.3 is 15.4 Å². The molecule has 3 aromatic rings. The largest absolute Gasteiger partial charge is 0.493 e. The lowest BCUT2D eigenvalue weighted by Gasteiger charge is -2.19. The van der Waals surface area contributed by atoms with E-state index in [9.17, 15) is 0 Å². The molecule has 0 fully saturated rings.